The van der Waals surface area contributed by atoms with Gasteiger partial charge in [0.25, 0.3) is 0 Å². The lowest BCUT2D eigenvalue weighted by atomic mass is 10.1. The minimum atomic E-state index is -0.316. The summed E-state index contributed by atoms with van der Waals surface area (Å²) in [6, 6.07) is 2.89. The standard InChI is InChI=1S/C17H21FN4O3.HI/c1-10-15(11(2)25-22-10)7-21-17(19-3)20-6-12-4-14(18)5-13-8-23-9-24-16(12)13;/h4-5H,6-9H2,1-3H3,(H2,19,20,21);1H. The summed E-state index contributed by atoms with van der Waals surface area (Å²) in [4.78, 5) is 4.18. The van der Waals surface area contributed by atoms with Crippen molar-refractivity contribution in [3.63, 3.8) is 0 Å². The fourth-order valence-corrected chi connectivity index (χ4v) is 2.71. The van der Waals surface area contributed by atoms with Crippen molar-refractivity contribution in [2.75, 3.05) is 13.8 Å². The van der Waals surface area contributed by atoms with Crippen molar-refractivity contribution >= 4 is 29.9 Å². The molecule has 0 aliphatic carbocycles. The van der Waals surface area contributed by atoms with Crippen molar-refractivity contribution in [3.8, 4) is 5.75 Å². The summed E-state index contributed by atoms with van der Waals surface area (Å²) in [7, 11) is 1.67. The average molecular weight is 476 g/mol. The van der Waals surface area contributed by atoms with Gasteiger partial charge in [0.05, 0.1) is 12.3 Å². The SMILES string of the molecule is CN=C(NCc1cc(F)cc2c1OCOC2)NCc1c(C)noc1C.I. The number of aryl methyl sites for hydroxylation is 2. The van der Waals surface area contributed by atoms with Crippen LogP contribution in [-0.4, -0.2) is 25.0 Å². The number of nitrogens with one attached hydrogen (secondary N) is 2. The van der Waals surface area contributed by atoms with Gasteiger partial charge in [-0.2, -0.15) is 0 Å². The van der Waals surface area contributed by atoms with Crippen LogP contribution in [0.25, 0.3) is 0 Å². The molecule has 9 heteroatoms. The third kappa shape index (κ3) is 4.64. The molecule has 1 aromatic heterocycles. The van der Waals surface area contributed by atoms with E-state index < -0.39 is 0 Å². The highest BCUT2D eigenvalue weighted by atomic mass is 127. The van der Waals surface area contributed by atoms with E-state index in [-0.39, 0.29) is 36.6 Å². The van der Waals surface area contributed by atoms with Crippen LogP contribution in [0.5, 0.6) is 5.75 Å². The quantitative estimate of drug-likeness (QED) is 0.402. The van der Waals surface area contributed by atoms with Crippen LogP contribution in [0.4, 0.5) is 4.39 Å². The first-order valence-electron chi connectivity index (χ1n) is 7.96. The van der Waals surface area contributed by atoms with Crippen LogP contribution in [0.1, 0.15) is 28.1 Å². The summed E-state index contributed by atoms with van der Waals surface area (Å²) in [5.41, 5.74) is 3.26. The molecule has 2 N–H and O–H groups in total. The predicted octanol–water partition coefficient (Wildman–Crippen LogP) is 2.78. The van der Waals surface area contributed by atoms with E-state index in [9.17, 15) is 4.39 Å². The van der Waals surface area contributed by atoms with E-state index in [1.54, 1.807) is 7.05 Å². The van der Waals surface area contributed by atoms with Crippen LogP contribution in [-0.2, 0) is 24.4 Å². The molecule has 2 aromatic rings. The van der Waals surface area contributed by atoms with Gasteiger partial charge in [0.2, 0.25) is 0 Å². The molecule has 0 radical (unpaired) electrons. The zero-order chi connectivity index (χ0) is 17.8. The molecule has 0 saturated carbocycles. The Morgan fingerprint density at radius 1 is 1.27 bits per heavy atom. The van der Waals surface area contributed by atoms with Crippen LogP contribution in [0, 0.1) is 19.7 Å². The maximum Gasteiger partial charge on any atom is 0.191 e. The number of ether oxygens (including phenoxy) is 2. The third-order valence-electron chi connectivity index (χ3n) is 4.04. The van der Waals surface area contributed by atoms with Crippen molar-refractivity contribution in [2.45, 2.75) is 33.5 Å². The molecular weight excluding hydrogens is 454 g/mol. The summed E-state index contributed by atoms with van der Waals surface area (Å²) in [5, 5.41) is 10.3. The van der Waals surface area contributed by atoms with Crippen LogP contribution in [0.15, 0.2) is 21.6 Å². The second kappa shape index (κ2) is 9.17. The van der Waals surface area contributed by atoms with Gasteiger partial charge in [0, 0.05) is 36.8 Å². The number of benzene rings is 1. The third-order valence-corrected chi connectivity index (χ3v) is 4.04. The van der Waals surface area contributed by atoms with E-state index >= 15 is 0 Å². The van der Waals surface area contributed by atoms with Crippen molar-refractivity contribution in [2.24, 2.45) is 4.99 Å². The number of guanidine groups is 1. The molecule has 142 valence electrons. The first-order valence-corrected chi connectivity index (χ1v) is 7.96. The smallest absolute Gasteiger partial charge is 0.191 e. The molecule has 1 aliphatic heterocycles. The number of nitrogens with zero attached hydrogens (tertiary/aromatic N) is 2. The summed E-state index contributed by atoms with van der Waals surface area (Å²) < 4.78 is 29.6. The van der Waals surface area contributed by atoms with E-state index in [4.69, 9.17) is 14.0 Å². The molecule has 0 saturated heterocycles. The minimum Gasteiger partial charge on any atom is -0.467 e. The number of halogens is 2. The van der Waals surface area contributed by atoms with Gasteiger partial charge in [-0.15, -0.1) is 24.0 Å². The first-order chi connectivity index (χ1) is 12.1. The molecule has 3 rings (SSSR count). The van der Waals surface area contributed by atoms with Gasteiger partial charge >= 0.3 is 0 Å². The minimum absolute atomic E-state index is 0. The molecule has 0 atom stereocenters. The fraction of sp³-hybridized carbons (Fsp3) is 0.412. The Labute approximate surface area is 168 Å². The van der Waals surface area contributed by atoms with E-state index in [1.165, 1.54) is 12.1 Å². The monoisotopic (exact) mass is 476 g/mol. The number of hydrogen-bond acceptors (Lipinski definition) is 5. The topological polar surface area (TPSA) is 80.9 Å². The molecule has 2 heterocycles. The van der Waals surface area contributed by atoms with Gasteiger partial charge in [-0.3, -0.25) is 4.99 Å². The van der Waals surface area contributed by atoms with Gasteiger partial charge < -0.3 is 24.6 Å². The van der Waals surface area contributed by atoms with Crippen molar-refractivity contribution in [3.05, 3.63) is 46.1 Å². The van der Waals surface area contributed by atoms with Gasteiger partial charge in [-0.25, -0.2) is 4.39 Å². The Bertz CT molecular complexity index is 775. The van der Waals surface area contributed by atoms with Crippen molar-refractivity contribution in [1.29, 1.82) is 0 Å². The molecule has 0 spiro atoms. The van der Waals surface area contributed by atoms with Crippen LogP contribution in [0.3, 0.4) is 0 Å². The van der Waals surface area contributed by atoms with E-state index in [1.807, 2.05) is 13.8 Å². The van der Waals surface area contributed by atoms with Crippen molar-refractivity contribution < 1.29 is 18.4 Å². The Morgan fingerprint density at radius 2 is 2.04 bits per heavy atom. The van der Waals surface area contributed by atoms with Crippen LogP contribution >= 0.6 is 24.0 Å². The maximum absolute atomic E-state index is 13.8. The van der Waals surface area contributed by atoms with Gasteiger partial charge in [0.15, 0.2) is 12.8 Å². The number of fused-ring (bicyclic) bond motifs is 1. The molecule has 1 aromatic carbocycles. The number of rotatable bonds is 4. The molecule has 0 bridgehead atoms. The Morgan fingerprint density at radius 3 is 2.73 bits per heavy atom. The zero-order valence-electron chi connectivity index (χ0n) is 14.9. The largest absolute Gasteiger partial charge is 0.467 e. The Hall–Kier alpha value is -1.88. The maximum atomic E-state index is 13.8. The van der Waals surface area contributed by atoms with Gasteiger partial charge in [-0.1, -0.05) is 5.16 Å². The highest BCUT2D eigenvalue weighted by Crippen LogP contribution is 2.29. The molecular formula is C17H22FIN4O3. The Balaban J connectivity index is 0.00000243. The fourth-order valence-electron chi connectivity index (χ4n) is 2.71. The first kappa shape index (κ1) is 20.4. The lowest BCUT2D eigenvalue weighted by Gasteiger charge is -2.21. The van der Waals surface area contributed by atoms with Crippen LogP contribution < -0.4 is 15.4 Å². The van der Waals surface area contributed by atoms with Gasteiger partial charge in [-0.05, 0) is 26.0 Å². The normalized spacial score (nSPS) is 13.5. The molecule has 1 aliphatic rings. The predicted molar refractivity (Wildman–Crippen MR) is 105 cm³/mol. The number of aromatic nitrogens is 1. The summed E-state index contributed by atoms with van der Waals surface area (Å²) in [6.45, 7) is 5.19. The summed E-state index contributed by atoms with van der Waals surface area (Å²) in [5.74, 6) is 1.71. The second-order valence-electron chi connectivity index (χ2n) is 5.75. The zero-order valence-corrected chi connectivity index (χ0v) is 17.2. The summed E-state index contributed by atoms with van der Waals surface area (Å²) >= 11 is 0. The number of aliphatic imine (C=N–C) groups is 1. The lowest BCUT2D eigenvalue weighted by Crippen LogP contribution is -2.36. The van der Waals surface area contributed by atoms with Crippen molar-refractivity contribution in [1.82, 2.24) is 15.8 Å². The van der Waals surface area contributed by atoms with E-state index in [2.05, 4.69) is 20.8 Å². The van der Waals surface area contributed by atoms with E-state index in [0.717, 1.165) is 22.6 Å². The molecule has 0 amide bonds. The summed E-state index contributed by atoms with van der Waals surface area (Å²) in [6.07, 6.45) is 0. The highest BCUT2D eigenvalue weighted by Gasteiger charge is 2.17. The highest BCUT2D eigenvalue weighted by molar-refractivity contribution is 14.0. The number of hydrogen-bond donors (Lipinski definition) is 2. The average Bonchev–Trinajstić information content (AvgIpc) is 2.93. The van der Waals surface area contributed by atoms with E-state index in [0.29, 0.717) is 37.0 Å². The molecule has 26 heavy (non-hydrogen) atoms. The molecule has 7 nitrogen and oxygen atoms in total. The lowest BCUT2D eigenvalue weighted by molar-refractivity contribution is -0.0172. The van der Waals surface area contributed by atoms with Gasteiger partial charge in [0.1, 0.15) is 17.3 Å². The second-order valence-corrected chi connectivity index (χ2v) is 5.75. The Kier molecular flexibility index (Phi) is 7.21. The molecule has 0 unspecified atom stereocenters. The molecule has 0 fully saturated rings. The van der Waals surface area contributed by atoms with Crippen LogP contribution in [0.2, 0.25) is 0 Å².